The number of ether oxygens (including phenoxy) is 3. The number of carbonyl (C=O) groups is 3. The highest BCUT2D eigenvalue weighted by molar-refractivity contribution is 5.71. The molecule has 0 amide bonds. The molecule has 0 aromatic heterocycles. The summed E-state index contributed by atoms with van der Waals surface area (Å²) < 4.78 is 16.9. The Morgan fingerprint density at radius 2 is 0.522 bits per heavy atom. The number of carbonyl (C=O) groups excluding carboxylic acids is 3. The highest BCUT2D eigenvalue weighted by Crippen LogP contribution is 2.19. The van der Waals surface area contributed by atoms with Crippen LogP contribution >= 0.6 is 0 Å². The van der Waals surface area contributed by atoms with E-state index in [4.69, 9.17) is 14.2 Å². The van der Waals surface area contributed by atoms with E-state index in [9.17, 15) is 14.4 Å². The molecule has 6 heteroatoms. The number of esters is 3. The van der Waals surface area contributed by atoms with Crippen molar-refractivity contribution in [1.82, 2.24) is 0 Å². The molecule has 0 rings (SSSR count). The third-order valence-corrected chi connectivity index (χ3v) is 14.6. The highest BCUT2D eigenvalue weighted by Gasteiger charge is 2.19. The van der Waals surface area contributed by atoms with E-state index < -0.39 is 6.10 Å². The van der Waals surface area contributed by atoms with Gasteiger partial charge in [-0.05, 0) is 37.0 Å². The van der Waals surface area contributed by atoms with Gasteiger partial charge in [-0.25, -0.2) is 0 Å². The summed E-state index contributed by atoms with van der Waals surface area (Å²) in [6.45, 7) is 13.8. The average Bonchev–Trinajstić information content (AvgIpc) is 3.31. The molecule has 0 spiro atoms. The maximum Gasteiger partial charge on any atom is 0.306 e. The van der Waals surface area contributed by atoms with Gasteiger partial charge in [0.05, 0.1) is 0 Å². The van der Waals surface area contributed by atoms with Gasteiger partial charge >= 0.3 is 17.9 Å². The first-order chi connectivity index (χ1) is 32.7. The minimum absolute atomic E-state index is 0.0640. The SMILES string of the molecule is CCC(C)CCCCCCCCCCCCCCCCC(=O)OC[C@@H](COC(=O)CCCCCCCCC(C)CC)OC(=O)CCCCCCCCCCCCCCCCCCCCC(C)C. The number of hydrogen-bond acceptors (Lipinski definition) is 6. The van der Waals surface area contributed by atoms with E-state index in [1.54, 1.807) is 0 Å². The van der Waals surface area contributed by atoms with Gasteiger partial charge in [-0.3, -0.25) is 14.4 Å². The molecule has 0 aliphatic rings. The largest absolute Gasteiger partial charge is 0.462 e. The minimum atomic E-state index is -0.764. The van der Waals surface area contributed by atoms with Gasteiger partial charge in [0.25, 0.3) is 0 Å². The summed E-state index contributed by atoms with van der Waals surface area (Å²) >= 11 is 0. The molecule has 0 aromatic rings. The van der Waals surface area contributed by atoms with Crippen LogP contribution in [-0.2, 0) is 28.6 Å². The topological polar surface area (TPSA) is 78.9 Å². The van der Waals surface area contributed by atoms with E-state index in [-0.39, 0.29) is 31.1 Å². The van der Waals surface area contributed by atoms with Crippen LogP contribution < -0.4 is 0 Å². The molecule has 2 unspecified atom stereocenters. The highest BCUT2D eigenvalue weighted by atomic mass is 16.6. The van der Waals surface area contributed by atoms with Crippen molar-refractivity contribution in [3.05, 3.63) is 0 Å². The molecule has 0 aliphatic carbocycles. The Balaban J connectivity index is 4.23. The third kappa shape index (κ3) is 52.1. The van der Waals surface area contributed by atoms with Crippen LogP contribution in [-0.4, -0.2) is 37.2 Å². The molecule has 0 saturated heterocycles. The molecule has 6 nitrogen and oxygen atoms in total. The summed E-state index contributed by atoms with van der Waals surface area (Å²) in [4.78, 5) is 38.1. The number of hydrogen-bond donors (Lipinski definition) is 0. The summed E-state index contributed by atoms with van der Waals surface area (Å²) in [6.07, 6.45) is 55.3. The summed E-state index contributed by atoms with van der Waals surface area (Å²) in [5.41, 5.74) is 0. The molecule has 0 fully saturated rings. The average molecular weight is 948 g/mol. The maximum atomic E-state index is 12.9. The van der Waals surface area contributed by atoms with Crippen LogP contribution in [0.2, 0.25) is 0 Å². The van der Waals surface area contributed by atoms with Gasteiger partial charge in [-0.1, -0.05) is 298 Å². The Kier molecular flexibility index (Phi) is 51.0. The van der Waals surface area contributed by atoms with Crippen molar-refractivity contribution in [2.24, 2.45) is 17.8 Å². The van der Waals surface area contributed by atoms with Crippen molar-refractivity contribution < 1.29 is 28.6 Å². The smallest absolute Gasteiger partial charge is 0.306 e. The zero-order chi connectivity index (χ0) is 49.1. The fourth-order valence-corrected chi connectivity index (χ4v) is 9.29. The van der Waals surface area contributed by atoms with Crippen LogP contribution in [0.25, 0.3) is 0 Å². The quantitative estimate of drug-likeness (QED) is 0.0343. The van der Waals surface area contributed by atoms with Gasteiger partial charge in [-0.2, -0.15) is 0 Å². The van der Waals surface area contributed by atoms with Crippen molar-refractivity contribution in [1.29, 1.82) is 0 Å². The normalized spacial score (nSPS) is 12.9. The standard InChI is InChI=1S/C61H118O6/c1-7-56(5)48-42-36-30-26-22-18-15-16-19-23-27-31-38-44-50-59(62)65-53-58(54-66-60(63)51-45-39-34-33-37-43-49-57(6)8-2)67-61(64)52-46-40-32-28-24-20-14-12-10-9-11-13-17-21-25-29-35-41-47-55(3)4/h55-58H,7-54H2,1-6H3/t56?,57?,58-/m0/s1. The van der Waals surface area contributed by atoms with E-state index in [0.717, 1.165) is 75.5 Å². The molecule has 0 bridgehead atoms. The number of rotatable bonds is 54. The first-order valence-electron chi connectivity index (χ1n) is 30.2. The Morgan fingerprint density at radius 3 is 0.776 bits per heavy atom. The van der Waals surface area contributed by atoms with Gasteiger partial charge < -0.3 is 14.2 Å². The van der Waals surface area contributed by atoms with Gasteiger partial charge in [-0.15, -0.1) is 0 Å². The molecule has 398 valence electrons. The lowest BCUT2D eigenvalue weighted by atomic mass is 9.99. The molecular formula is C61H118O6. The molecular weight excluding hydrogens is 829 g/mol. The zero-order valence-electron chi connectivity index (χ0n) is 46.2. The molecule has 0 saturated carbocycles. The molecule has 0 N–H and O–H groups in total. The fourth-order valence-electron chi connectivity index (χ4n) is 9.29. The van der Waals surface area contributed by atoms with Gasteiger partial charge in [0.1, 0.15) is 13.2 Å². The van der Waals surface area contributed by atoms with Crippen molar-refractivity contribution in [2.45, 2.75) is 343 Å². The Hall–Kier alpha value is -1.59. The van der Waals surface area contributed by atoms with Crippen LogP contribution in [0.1, 0.15) is 337 Å². The minimum Gasteiger partial charge on any atom is -0.462 e. The maximum absolute atomic E-state index is 12.9. The molecule has 0 radical (unpaired) electrons. The van der Waals surface area contributed by atoms with E-state index in [1.165, 1.54) is 218 Å². The summed E-state index contributed by atoms with van der Waals surface area (Å²) in [5.74, 6) is 1.72. The Morgan fingerprint density at radius 1 is 0.299 bits per heavy atom. The van der Waals surface area contributed by atoms with Gasteiger partial charge in [0.2, 0.25) is 0 Å². The predicted octanol–water partition coefficient (Wildman–Crippen LogP) is 19.9. The van der Waals surface area contributed by atoms with E-state index >= 15 is 0 Å². The summed E-state index contributed by atoms with van der Waals surface area (Å²) in [7, 11) is 0. The van der Waals surface area contributed by atoms with Crippen molar-refractivity contribution >= 4 is 17.9 Å². The molecule has 0 heterocycles. The third-order valence-electron chi connectivity index (χ3n) is 14.6. The molecule has 0 aliphatic heterocycles. The van der Waals surface area contributed by atoms with Gasteiger partial charge in [0.15, 0.2) is 6.10 Å². The Bertz CT molecular complexity index is 1040. The molecule has 3 atom stereocenters. The zero-order valence-corrected chi connectivity index (χ0v) is 46.2. The first-order valence-corrected chi connectivity index (χ1v) is 30.2. The van der Waals surface area contributed by atoms with Crippen LogP contribution in [0, 0.1) is 17.8 Å². The van der Waals surface area contributed by atoms with E-state index in [0.29, 0.717) is 19.3 Å². The van der Waals surface area contributed by atoms with Crippen molar-refractivity contribution in [3.63, 3.8) is 0 Å². The van der Waals surface area contributed by atoms with Crippen LogP contribution in [0.15, 0.2) is 0 Å². The first kappa shape index (κ1) is 65.4. The second-order valence-corrected chi connectivity index (χ2v) is 21.9. The number of unbranched alkanes of at least 4 members (excludes halogenated alkanes) is 35. The Labute approximate surface area is 418 Å². The monoisotopic (exact) mass is 947 g/mol. The fraction of sp³-hybridized carbons (Fsp3) is 0.951. The summed E-state index contributed by atoms with van der Waals surface area (Å²) in [5, 5.41) is 0. The van der Waals surface area contributed by atoms with Crippen LogP contribution in [0.4, 0.5) is 0 Å². The second-order valence-electron chi connectivity index (χ2n) is 21.9. The van der Waals surface area contributed by atoms with E-state index in [2.05, 4.69) is 41.5 Å². The lowest BCUT2D eigenvalue weighted by Crippen LogP contribution is -2.30. The van der Waals surface area contributed by atoms with Gasteiger partial charge in [0, 0.05) is 19.3 Å². The van der Waals surface area contributed by atoms with Crippen LogP contribution in [0.5, 0.6) is 0 Å². The van der Waals surface area contributed by atoms with Crippen molar-refractivity contribution in [2.75, 3.05) is 13.2 Å². The van der Waals surface area contributed by atoms with E-state index in [1.807, 2.05) is 0 Å². The summed E-state index contributed by atoms with van der Waals surface area (Å²) in [6, 6.07) is 0. The lowest BCUT2D eigenvalue weighted by molar-refractivity contribution is -0.167. The molecule has 0 aromatic carbocycles. The predicted molar refractivity (Wildman–Crippen MR) is 289 cm³/mol. The molecule has 67 heavy (non-hydrogen) atoms. The lowest BCUT2D eigenvalue weighted by Gasteiger charge is -2.18. The van der Waals surface area contributed by atoms with Crippen LogP contribution in [0.3, 0.4) is 0 Å². The van der Waals surface area contributed by atoms with Crippen molar-refractivity contribution in [3.8, 4) is 0 Å². The second kappa shape index (κ2) is 52.2.